The van der Waals surface area contributed by atoms with E-state index in [1.54, 1.807) is 31.1 Å². The van der Waals surface area contributed by atoms with E-state index in [-0.39, 0.29) is 36.6 Å². The normalized spacial score (nSPS) is 12.7. The summed E-state index contributed by atoms with van der Waals surface area (Å²) in [7, 11) is 1.58. The second kappa shape index (κ2) is 10.6. The van der Waals surface area contributed by atoms with Crippen molar-refractivity contribution in [1.29, 1.82) is 0 Å². The molecule has 2 aromatic carbocycles. The van der Waals surface area contributed by atoms with Gasteiger partial charge in [0.1, 0.15) is 17.6 Å². The van der Waals surface area contributed by atoms with E-state index < -0.39 is 6.04 Å². The molecule has 0 unspecified atom stereocenters. The molecular weight excluding hydrogens is 371 g/mol. The van der Waals surface area contributed by atoms with Gasteiger partial charge in [0, 0.05) is 12.6 Å². The molecule has 2 amide bonds. The number of ether oxygens (including phenoxy) is 1. The van der Waals surface area contributed by atoms with Gasteiger partial charge in [-0.15, -0.1) is 0 Å². The number of nitrogens with zero attached hydrogens (tertiary/aromatic N) is 1. The molecule has 0 saturated carbocycles. The average Bonchev–Trinajstić information content (AvgIpc) is 2.73. The van der Waals surface area contributed by atoms with Crippen molar-refractivity contribution in [1.82, 2.24) is 10.2 Å². The fourth-order valence-electron chi connectivity index (χ4n) is 2.89. The van der Waals surface area contributed by atoms with Gasteiger partial charge in [0.25, 0.3) is 0 Å². The largest absolute Gasteiger partial charge is 0.497 e. The van der Waals surface area contributed by atoms with Crippen LogP contribution in [0.1, 0.15) is 38.3 Å². The molecule has 156 valence electrons. The number of benzene rings is 2. The van der Waals surface area contributed by atoms with E-state index in [0.717, 1.165) is 12.0 Å². The van der Waals surface area contributed by atoms with Gasteiger partial charge < -0.3 is 15.0 Å². The van der Waals surface area contributed by atoms with Crippen LogP contribution in [0.4, 0.5) is 4.39 Å². The molecule has 2 aromatic rings. The number of carbonyl (C=O) groups excluding carboxylic acids is 2. The highest BCUT2D eigenvalue weighted by molar-refractivity contribution is 5.88. The summed E-state index contributed by atoms with van der Waals surface area (Å²) in [6.45, 7) is 5.91. The molecule has 0 aliphatic rings. The summed E-state index contributed by atoms with van der Waals surface area (Å²) in [5.41, 5.74) is 1.56. The number of hydrogen-bond acceptors (Lipinski definition) is 3. The van der Waals surface area contributed by atoms with Crippen LogP contribution in [0.5, 0.6) is 5.75 Å². The summed E-state index contributed by atoms with van der Waals surface area (Å²) < 4.78 is 18.4. The van der Waals surface area contributed by atoms with E-state index in [4.69, 9.17) is 4.74 Å². The average molecular weight is 400 g/mol. The van der Waals surface area contributed by atoms with Crippen molar-refractivity contribution in [3.05, 3.63) is 65.5 Å². The summed E-state index contributed by atoms with van der Waals surface area (Å²) in [6, 6.07) is 12.6. The van der Waals surface area contributed by atoms with Crippen LogP contribution in [0, 0.1) is 5.82 Å². The van der Waals surface area contributed by atoms with Crippen molar-refractivity contribution in [2.24, 2.45) is 0 Å². The molecule has 29 heavy (non-hydrogen) atoms. The minimum absolute atomic E-state index is 0.0239. The Morgan fingerprint density at radius 2 is 1.79 bits per heavy atom. The lowest BCUT2D eigenvalue weighted by Gasteiger charge is -2.30. The third kappa shape index (κ3) is 6.59. The highest BCUT2D eigenvalue weighted by Crippen LogP contribution is 2.17. The Morgan fingerprint density at radius 3 is 2.41 bits per heavy atom. The fraction of sp³-hybridized carbons (Fsp3) is 0.391. The highest BCUT2D eigenvalue weighted by atomic mass is 19.1. The summed E-state index contributed by atoms with van der Waals surface area (Å²) in [6.07, 6.45) is 0.892. The Hall–Kier alpha value is -2.89. The minimum atomic E-state index is -0.650. The van der Waals surface area contributed by atoms with Crippen LogP contribution in [0.3, 0.4) is 0 Å². The van der Waals surface area contributed by atoms with Crippen molar-refractivity contribution in [3.63, 3.8) is 0 Å². The third-order valence-electron chi connectivity index (χ3n) is 4.92. The Balaban J connectivity index is 2.23. The number of rotatable bonds is 9. The first-order chi connectivity index (χ1) is 13.8. The summed E-state index contributed by atoms with van der Waals surface area (Å²) >= 11 is 0. The van der Waals surface area contributed by atoms with Gasteiger partial charge in [-0.25, -0.2) is 4.39 Å². The Morgan fingerprint density at radius 1 is 1.10 bits per heavy atom. The molecular formula is C23H29FN2O3. The monoisotopic (exact) mass is 400 g/mol. The Kier molecular flexibility index (Phi) is 8.19. The van der Waals surface area contributed by atoms with Crippen molar-refractivity contribution in [2.45, 2.75) is 52.2 Å². The lowest BCUT2D eigenvalue weighted by molar-refractivity contribution is -0.140. The molecule has 2 rings (SSSR count). The first kappa shape index (κ1) is 22.4. The number of halogens is 1. The van der Waals surface area contributed by atoms with Gasteiger partial charge in [0.05, 0.1) is 13.5 Å². The quantitative estimate of drug-likeness (QED) is 0.698. The first-order valence-electron chi connectivity index (χ1n) is 9.81. The zero-order valence-corrected chi connectivity index (χ0v) is 17.4. The highest BCUT2D eigenvalue weighted by Gasteiger charge is 2.27. The van der Waals surface area contributed by atoms with E-state index in [1.165, 1.54) is 12.1 Å². The van der Waals surface area contributed by atoms with Gasteiger partial charge in [-0.1, -0.05) is 31.2 Å². The maximum Gasteiger partial charge on any atom is 0.242 e. The molecule has 6 heteroatoms. The lowest BCUT2D eigenvalue weighted by Crippen LogP contribution is -2.49. The number of methoxy groups -OCH3 is 1. The SMILES string of the molecule is CC[C@H](C)NC(=O)[C@@H](C)N(Cc1cccc(OC)c1)C(=O)Cc1ccc(F)cc1. The second-order valence-corrected chi connectivity index (χ2v) is 7.17. The zero-order valence-electron chi connectivity index (χ0n) is 17.4. The molecule has 0 aliphatic carbocycles. The number of nitrogens with one attached hydrogen (secondary N) is 1. The molecule has 0 aliphatic heterocycles. The number of carbonyl (C=O) groups is 2. The Labute approximate surface area is 171 Å². The Bertz CT molecular complexity index is 823. The van der Waals surface area contributed by atoms with Crippen molar-refractivity contribution < 1.29 is 18.7 Å². The summed E-state index contributed by atoms with van der Waals surface area (Å²) in [5, 5.41) is 2.94. The number of hydrogen-bond donors (Lipinski definition) is 1. The van der Waals surface area contributed by atoms with Crippen LogP contribution < -0.4 is 10.1 Å². The van der Waals surface area contributed by atoms with Gasteiger partial charge >= 0.3 is 0 Å². The first-order valence-corrected chi connectivity index (χ1v) is 9.81. The van der Waals surface area contributed by atoms with Gasteiger partial charge in [-0.05, 0) is 55.7 Å². The molecule has 0 fully saturated rings. The molecule has 0 spiro atoms. The molecule has 0 radical (unpaired) electrons. The predicted molar refractivity (Wildman–Crippen MR) is 111 cm³/mol. The van der Waals surface area contributed by atoms with E-state index in [0.29, 0.717) is 11.3 Å². The third-order valence-corrected chi connectivity index (χ3v) is 4.92. The smallest absolute Gasteiger partial charge is 0.242 e. The standard InChI is InChI=1S/C23H29FN2O3/c1-5-16(2)25-23(28)17(3)26(15-19-7-6-8-21(13-19)29-4)22(27)14-18-9-11-20(24)12-10-18/h6-13,16-17H,5,14-15H2,1-4H3,(H,25,28)/t16-,17+/m0/s1. The second-order valence-electron chi connectivity index (χ2n) is 7.17. The van der Waals surface area contributed by atoms with Crippen molar-refractivity contribution in [3.8, 4) is 5.75 Å². The van der Waals surface area contributed by atoms with Crippen LogP contribution in [0.2, 0.25) is 0 Å². The summed E-state index contributed by atoms with van der Waals surface area (Å²) in [5.74, 6) is -0.0678. The van der Waals surface area contributed by atoms with Crippen molar-refractivity contribution in [2.75, 3.05) is 7.11 Å². The topological polar surface area (TPSA) is 58.6 Å². The molecule has 1 N–H and O–H groups in total. The minimum Gasteiger partial charge on any atom is -0.497 e. The van der Waals surface area contributed by atoms with Crippen LogP contribution in [0.25, 0.3) is 0 Å². The maximum absolute atomic E-state index is 13.2. The maximum atomic E-state index is 13.2. The predicted octanol–water partition coefficient (Wildman–Crippen LogP) is 3.71. The van der Waals surface area contributed by atoms with E-state index in [1.807, 2.05) is 38.1 Å². The van der Waals surface area contributed by atoms with Crippen molar-refractivity contribution >= 4 is 11.8 Å². The zero-order chi connectivity index (χ0) is 21.4. The van der Waals surface area contributed by atoms with E-state index >= 15 is 0 Å². The number of amides is 2. The van der Waals surface area contributed by atoms with Gasteiger partial charge in [0.15, 0.2) is 0 Å². The van der Waals surface area contributed by atoms with Gasteiger partial charge in [-0.3, -0.25) is 9.59 Å². The molecule has 5 nitrogen and oxygen atoms in total. The van der Waals surface area contributed by atoms with E-state index in [2.05, 4.69) is 5.32 Å². The summed E-state index contributed by atoms with van der Waals surface area (Å²) in [4.78, 5) is 27.3. The molecule has 0 heterocycles. The fourth-order valence-corrected chi connectivity index (χ4v) is 2.89. The van der Waals surface area contributed by atoms with Crippen LogP contribution in [0.15, 0.2) is 48.5 Å². The van der Waals surface area contributed by atoms with Crippen LogP contribution >= 0.6 is 0 Å². The molecule has 0 aromatic heterocycles. The van der Waals surface area contributed by atoms with E-state index in [9.17, 15) is 14.0 Å². The van der Waals surface area contributed by atoms with Crippen LogP contribution in [-0.4, -0.2) is 35.9 Å². The lowest BCUT2D eigenvalue weighted by atomic mass is 10.1. The van der Waals surface area contributed by atoms with Gasteiger partial charge in [-0.2, -0.15) is 0 Å². The molecule has 2 atom stereocenters. The molecule has 0 saturated heterocycles. The molecule has 0 bridgehead atoms. The van der Waals surface area contributed by atoms with Crippen LogP contribution in [-0.2, 0) is 22.6 Å². The van der Waals surface area contributed by atoms with Gasteiger partial charge in [0.2, 0.25) is 11.8 Å².